The van der Waals surface area contributed by atoms with Gasteiger partial charge in [0, 0.05) is 17.5 Å². The van der Waals surface area contributed by atoms with E-state index in [0.29, 0.717) is 16.4 Å². The molecule has 0 aliphatic rings. The third-order valence-electron chi connectivity index (χ3n) is 2.44. The Hall–Kier alpha value is -2.02. The third kappa shape index (κ3) is 2.87. The Morgan fingerprint density at radius 3 is 2.89 bits per heavy atom. The number of hydrogen-bond donors (Lipinski definition) is 0. The van der Waals surface area contributed by atoms with Gasteiger partial charge in [0.05, 0.1) is 5.69 Å². The standard InChI is InChI=1S/C12H12FN5S/c1-4-11(19-12-15-16-17-18(12)3)9-7-8(13)5-6-10(9)14-2/h4-7H,2H2,1,3H3/b11-4+. The van der Waals surface area contributed by atoms with Crippen LogP contribution in [0, 0.1) is 5.82 Å². The average molecular weight is 277 g/mol. The number of tetrazole rings is 1. The van der Waals surface area contributed by atoms with Crippen molar-refractivity contribution in [2.24, 2.45) is 12.0 Å². The highest BCUT2D eigenvalue weighted by atomic mass is 32.2. The van der Waals surface area contributed by atoms with Crippen LogP contribution in [0.5, 0.6) is 0 Å². The SMILES string of the molecule is C=Nc1ccc(F)cc1/C(=C\C)Sc1nnnn1C. The minimum Gasteiger partial charge on any atom is -0.264 e. The van der Waals surface area contributed by atoms with Crippen molar-refractivity contribution < 1.29 is 4.39 Å². The predicted octanol–water partition coefficient (Wildman–Crippen LogP) is 2.83. The maximum atomic E-state index is 13.4. The van der Waals surface area contributed by atoms with Crippen LogP contribution in [0.4, 0.5) is 10.1 Å². The maximum absolute atomic E-state index is 13.4. The first-order valence-electron chi connectivity index (χ1n) is 5.49. The molecule has 0 fully saturated rings. The zero-order valence-corrected chi connectivity index (χ0v) is 11.4. The molecular formula is C12H12FN5S. The second-order valence-corrected chi connectivity index (χ2v) is 4.67. The summed E-state index contributed by atoms with van der Waals surface area (Å²) in [6.07, 6.45) is 1.86. The quantitative estimate of drug-likeness (QED) is 0.637. The van der Waals surface area contributed by atoms with E-state index in [1.54, 1.807) is 17.8 Å². The van der Waals surface area contributed by atoms with E-state index in [1.807, 2.05) is 13.0 Å². The minimum absolute atomic E-state index is 0.321. The summed E-state index contributed by atoms with van der Waals surface area (Å²) in [4.78, 5) is 4.72. The Bertz CT molecular complexity index is 635. The molecule has 0 saturated carbocycles. The van der Waals surface area contributed by atoms with E-state index in [2.05, 4.69) is 27.2 Å². The normalized spacial score (nSPS) is 11.6. The second kappa shape index (κ2) is 5.75. The lowest BCUT2D eigenvalue weighted by Crippen LogP contribution is -1.93. The smallest absolute Gasteiger partial charge is 0.213 e. The van der Waals surface area contributed by atoms with Gasteiger partial charge in [0.15, 0.2) is 0 Å². The van der Waals surface area contributed by atoms with Crippen molar-refractivity contribution in [1.82, 2.24) is 20.2 Å². The van der Waals surface area contributed by atoms with Gasteiger partial charge in [-0.25, -0.2) is 9.07 Å². The molecule has 1 heterocycles. The molecule has 98 valence electrons. The fraction of sp³-hybridized carbons (Fsp3) is 0.167. The first kappa shape index (κ1) is 13.4. The van der Waals surface area contributed by atoms with Crippen LogP contribution in [0.3, 0.4) is 0 Å². The van der Waals surface area contributed by atoms with Crippen molar-refractivity contribution in [3.8, 4) is 0 Å². The van der Waals surface area contributed by atoms with E-state index >= 15 is 0 Å². The molecule has 0 bridgehead atoms. The van der Waals surface area contributed by atoms with Crippen LogP contribution in [-0.2, 0) is 7.05 Å². The number of aromatic nitrogens is 4. The van der Waals surface area contributed by atoms with E-state index in [0.717, 1.165) is 4.91 Å². The van der Waals surface area contributed by atoms with E-state index in [9.17, 15) is 4.39 Å². The van der Waals surface area contributed by atoms with Gasteiger partial charge in [-0.3, -0.25) is 4.99 Å². The van der Waals surface area contributed by atoms with Crippen molar-refractivity contribution in [3.05, 3.63) is 35.7 Å². The van der Waals surface area contributed by atoms with Crippen LogP contribution < -0.4 is 0 Å². The summed E-state index contributed by atoms with van der Waals surface area (Å²) < 4.78 is 14.9. The van der Waals surface area contributed by atoms with Gasteiger partial charge in [-0.2, -0.15) is 0 Å². The van der Waals surface area contributed by atoms with Gasteiger partial charge in [0.2, 0.25) is 5.16 Å². The maximum Gasteiger partial charge on any atom is 0.213 e. The zero-order valence-electron chi connectivity index (χ0n) is 10.5. The molecule has 0 amide bonds. The Morgan fingerprint density at radius 2 is 2.32 bits per heavy atom. The second-order valence-electron chi connectivity index (χ2n) is 3.66. The number of aliphatic imine (C=N–C) groups is 1. The van der Waals surface area contributed by atoms with Gasteiger partial charge in [-0.1, -0.05) is 6.08 Å². The van der Waals surface area contributed by atoms with Gasteiger partial charge < -0.3 is 0 Å². The highest BCUT2D eigenvalue weighted by Gasteiger charge is 2.13. The number of halogens is 1. The van der Waals surface area contributed by atoms with E-state index in [1.165, 1.54) is 23.9 Å². The summed E-state index contributed by atoms with van der Waals surface area (Å²) in [5, 5.41) is 11.8. The first-order valence-corrected chi connectivity index (χ1v) is 6.30. The highest BCUT2D eigenvalue weighted by Crippen LogP contribution is 2.37. The van der Waals surface area contributed by atoms with Gasteiger partial charge in [-0.05, 0) is 54.0 Å². The van der Waals surface area contributed by atoms with Gasteiger partial charge in [-0.15, -0.1) is 5.10 Å². The summed E-state index contributed by atoms with van der Waals surface area (Å²) in [6.45, 7) is 5.36. The van der Waals surface area contributed by atoms with Crippen LogP contribution in [0.2, 0.25) is 0 Å². The molecule has 1 aromatic heterocycles. The minimum atomic E-state index is -0.321. The number of rotatable bonds is 4. The number of benzene rings is 1. The number of nitrogens with zero attached hydrogens (tertiary/aromatic N) is 5. The molecule has 5 nitrogen and oxygen atoms in total. The first-order chi connectivity index (χ1) is 9.15. The Balaban J connectivity index is 2.40. The van der Waals surface area contributed by atoms with Gasteiger partial charge in [0.25, 0.3) is 0 Å². The van der Waals surface area contributed by atoms with Crippen molar-refractivity contribution in [2.45, 2.75) is 12.1 Å². The molecule has 2 aromatic rings. The number of hydrogen-bond acceptors (Lipinski definition) is 5. The fourth-order valence-electron chi connectivity index (χ4n) is 1.52. The number of aryl methyl sites for hydroxylation is 1. The molecule has 7 heteroatoms. The van der Waals surface area contributed by atoms with Crippen molar-refractivity contribution in [1.29, 1.82) is 0 Å². The molecule has 1 aromatic carbocycles. The summed E-state index contributed by atoms with van der Waals surface area (Å²) >= 11 is 1.35. The van der Waals surface area contributed by atoms with Crippen molar-refractivity contribution in [2.75, 3.05) is 0 Å². The molecule has 2 rings (SSSR count). The Kier molecular flexibility index (Phi) is 4.06. The molecule has 0 saturated heterocycles. The van der Waals surface area contributed by atoms with Crippen LogP contribution in [0.1, 0.15) is 12.5 Å². The molecule has 0 aliphatic carbocycles. The molecule has 0 radical (unpaired) electrons. The Labute approximate surface area is 114 Å². The predicted molar refractivity (Wildman–Crippen MR) is 73.9 cm³/mol. The van der Waals surface area contributed by atoms with Crippen LogP contribution in [0.15, 0.2) is 34.4 Å². The topological polar surface area (TPSA) is 56.0 Å². The summed E-state index contributed by atoms with van der Waals surface area (Å²) in [7, 11) is 1.74. The van der Waals surface area contributed by atoms with Crippen LogP contribution in [-0.4, -0.2) is 26.9 Å². The molecule has 0 N–H and O–H groups in total. The van der Waals surface area contributed by atoms with E-state index < -0.39 is 0 Å². The van der Waals surface area contributed by atoms with Crippen LogP contribution in [0.25, 0.3) is 4.91 Å². The van der Waals surface area contributed by atoms with E-state index in [4.69, 9.17) is 0 Å². The Morgan fingerprint density at radius 1 is 1.53 bits per heavy atom. The average Bonchev–Trinajstić information content (AvgIpc) is 2.81. The molecular weight excluding hydrogens is 265 g/mol. The van der Waals surface area contributed by atoms with Crippen LogP contribution >= 0.6 is 11.8 Å². The molecule has 0 spiro atoms. The number of thioether (sulfide) groups is 1. The summed E-state index contributed by atoms with van der Waals surface area (Å²) in [6, 6.07) is 4.38. The van der Waals surface area contributed by atoms with E-state index in [-0.39, 0.29) is 5.82 Å². The van der Waals surface area contributed by atoms with Gasteiger partial charge >= 0.3 is 0 Å². The highest BCUT2D eigenvalue weighted by molar-refractivity contribution is 8.08. The van der Waals surface area contributed by atoms with Crippen molar-refractivity contribution in [3.63, 3.8) is 0 Å². The van der Waals surface area contributed by atoms with Gasteiger partial charge in [0.1, 0.15) is 5.82 Å². The third-order valence-corrected chi connectivity index (χ3v) is 3.64. The molecule has 0 unspecified atom stereocenters. The monoisotopic (exact) mass is 277 g/mol. The summed E-state index contributed by atoms with van der Waals surface area (Å²) in [5.41, 5.74) is 1.29. The fourth-order valence-corrected chi connectivity index (χ4v) is 2.35. The summed E-state index contributed by atoms with van der Waals surface area (Å²) in [5.74, 6) is -0.321. The lowest BCUT2D eigenvalue weighted by atomic mass is 10.1. The number of allylic oxidation sites excluding steroid dienone is 1. The molecule has 0 atom stereocenters. The molecule has 19 heavy (non-hydrogen) atoms. The lowest BCUT2D eigenvalue weighted by Gasteiger charge is -2.08. The largest absolute Gasteiger partial charge is 0.264 e. The zero-order chi connectivity index (χ0) is 13.8. The molecule has 0 aliphatic heterocycles. The van der Waals surface area contributed by atoms with Crippen molar-refractivity contribution >= 4 is 29.1 Å². The lowest BCUT2D eigenvalue weighted by molar-refractivity contribution is 0.627.